The Hall–Kier alpha value is -10.9. The largest absolute Gasteiger partial charge is 0.477 e. The normalized spacial score (nSPS) is 19.4. The van der Waals surface area contributed by atoms with Crippen molar-refractivity contribution in [1.29, 1.82) is 5.26 Å². The van der Waals surface area contributed by atoms with Gasteiger partial charge in [-0.05, 0) is 199 Å². The summed E-state index contributed by atoms with van der Waals surface area (Å²) in [6.07, 6.45) is 16.9. The molecule has 0 spiro atoms. The number of carbonyl (C=O) groups excluding carboxylic acids is 14. The van der Waals surface area contributed by atoms with Gasteiger partial charge >= 0.3 is 17.9 Å². The standard InChI is InChI=1S/C24H28Cl2N4O5.C23H27Cl2N5O4.C23H25Cl2N5O3.C15H25N3O4.C9H5Cl2NO2.ClH/c1-35-24(34)19(9-13-3-2-6-27-21(13)31)30-22(32)17(7-12-4-5-12)29-23(33)18-10-14-8-15(25)11-16(26)20(14)28-18;24-14-7-13-9-18(28-19(13)15(25)10-14)23(34)30-17(6-11-3-4-11)22(33)29-16(20(26)31)8-12-2-1-5-27-21(12)32;24-15-7-14-9-19(29-20(14)17(25)10-15)23(33)30-18(6-12-3-4-12)22(32)28-16(11-26)8-13-2-1-5-27-21(13)31;1-22-15(21)12(8-10-3-2-6-17-13(10)19)18-14(20)11(16)7-9-4-5-9;10-5-1-4-2-7(9(13)14)12-8(4)6(11)3-5;/h8,10-13,17,19,28H,2-7,9H2,1H3,(H,27,31)(H,29,33)(H,30,32);7,9-12,16-17,28H,1-6,8H2,(H2,26,31)(H,27,32)(H,29,33)(H,30,34);7,9-10,12-13,16,18,29H,1-6,8H2,(H,27,31)(H,28,32)(H,30,33);9-12H,2-8,16H2,1H3,(H,17,19)(H,18,20);1-3,12H,(H,13,14);1H/t13-,17-,19-;12-,16-,17-;13-,16-,18-;10-,11-,12-;;/m0000../s1. The first kappa shape index (κ1) is 109. The summed E-state index contributed by atoms with van der Waals surface area (Å²) < 4.78 is 9.60. The number of carbonyl (C=O) groups is 15. The molecule has 0 radical (unpaired) electrons. The molecule has 0 unspecified atom stereocenters. The van der Waals surface area contributed by atoms with Gasteiger partial charge in [0.15, 0.2) is 0 Å². The first-order chi connectivity index (χ1) is 65.9. The number of amides is 12. The number of fused-ring (bicyclic) bond motifs is 4. The lowest BCUT2D eigenvalue weighted by Crippen LogP contribution is -2.54. The van der Waals surface area contributed by atoms with Crippen LogP contribution in [0.25, 0.3) is 43.6 Å². The molecule has 4 saturated carbocycles. The van der Waals surface area contributed by atoms with E-state index in [1.54, 1.807) is 66.7 Å². The van der Waals surface area contributed by atoms with E-state index < -0.39 is 119 Å². The first-order valence-electron chi connectivity index (χ1n) is 45.9. The van der Waals surface area contributed by atoms with Crippen molar-refractivity contribution in [1.82, 2.24) is 78.4 Å². The number of hydrogen-bond acceptors (Lipinski definition) is 19. The van der Waals surface area contributed by atoms with Crippen molar-refractivity contribution in [2.24, 2.45) is 58.8 Å². The number of aromatic carboxylic acids is 1. The van der Waals surface area contributed by atoms with Crippen molar-refractivity contribution in [2.45, 2.75) is 202 Å². The minimum Gasteiger partial charge on any atom is -0.477 e. The molecule has 8 aromatic rings. The van der Waals surface area contributed by atoms with Crippen LogP contribution in [0.4, 0.5) is 0 Å². The quantitative estimate of drug-likeness (QED) is 0.0167. The number of aromatic nitrogens is 4. The molecular formula is C94H111Cl9N18O18. The van der Waals surface area contributed by atoms with Gasteiger partial charge in [0.25, 0.3) is 17.7 Å². The maximum absolute atomic E-state index is 13.2. The summed E-state index contributed by atoms with van der Waals surface area (Å²) >= 11 is 48.4. The Balaban J connectivity index is 0.000000171. The van der Waals surface area contributed by atoms with Crippen molar-refractivity contribution in [3.8, 4) is 6.07 Å². The van der Waals surface area contributed by atoms with Crippen molar-refractivity contribution in [3.05, 3.63) is 136 Å². The third kappa shape index (κ3) is 31.6. The average molecular weight is 2100 g/mol. The zero-order valence-corrected chi connectivity index (χ0v) is 82.8. The van der Waals surface area contributed by atoms with Crippen LogP contribution in [0, 0.1) is 58.7 Å². The van der Waals surface area contributed by atoms with Crippen molar-refractivity contribution >= 4 is 238 Å². The number of methoxy groups -OCH3 is 2. The minimum absolute atomic E-state index is 0. The van der Waals surface area contributed by atoms with Crippen LogP contribution in [0.1, 0.15) is 196 Å². The number of benzene rings is 4. The number of primary amides is 1. The molecule has 139 heavy (non-hydrogen) atoms. The maximum Gasteiger partial charge on any atom is 0.352 e. The Labute approximate surface area is 845 Å². The predicted octanol–water partition coefficient (Wildman–Crippen LogP) is 11.8. The summed E-state index contributed by atoms with van der Waals surface area (Å²) in [5, 5.41) is 54.6. The van der Waals surface area contributed by atoms with E-state index in [-0.39, 0.29) is 102 Å². The summed E-state index contributed by atoms with van der Waals surface area (Å²) in [6.45, 7) is 2.51. The third-order valence-electron chi connectivity index (χ3n) is 25.2. The zero-order valence-electron chi connectivity index (χ0n) is 75.9. The summed E-state index contributed by atoms with van der Waals surface area (Å²) in [4.78, 5) is 197. The van der Waals surface area contributed by atoms with Gasteiger partial charge in [0.05, 0.1) is 68.5 Å². The number of halogens is 9. The highest BCUT2D eigenvalue weighted by atomic mass is 35.5. The molecule has 20 N–H and O–H groups in total. The number of aromatic amines is 4. The molecule has 12 amide bonds. The lowest BCUT2D eigenvalue weighted by Gasteiger charge is -2.27. The average Bonchev–Trinajstić information content (AvgIpc) is 1.67. The lowest BCUT2D eigenvalue weighted by molar-refractivity contribution is -0.146. The maximum atomic E-state index is 13.2. The van der Waals surface area contributed by atoms with Gasteiger partial charge in [-0.3, -0.25) is 57.5 Å². The van der Waals surface area contributed by atoms with Gasteiger partial charge in [-0.15, -0.1) is 12.4 Å². The van der Waals surface area contributed by atoms with Crippen molar-refractivity contribution in [3.63, 3.8) is 0 Å². The summed E-state index contributed by atoms with van der Waals surface area (Å²) in [7, 11) is 2.51. The van der Waals surface area contributed by atoms with Gasteiger partial charge in [0.1, 0.15) is 65.1 Å². The molecule has 45 heteroatoms. The number of nitrogens with zero attached hydrogens (tertiary/aromatic N) is 1. The number of carboxylic acids is 1. The fourth-order valence-electron chi connectivity index (χ4n) is 17.0. The van der Waals surface area contributed by atoms with Gasteiger partial charge in [0.2, 0.25) is 53.2 Å². The third-order valence-corrected chi connectivity index (χ3v) is 27.3. The highest BCUT2D eigenvalue weighted by Gasteiger charge is 2.41. The highest BCUT2D eigenvalue weighted by molar-refractivity contribution is 6.41. The molecule has 4 aromatic heterocycles. The fraction of sp³-hybridized carbons (Fsp3) is 0.489. The number of rotatable bonds is 34. The number of ether oxygens (including phenoxy) is 2. The van der Waals surface area contributed by atoms with E-state index in [1.165, 1.54) is 20.3 Å². The summed E-state index contributed by atoms with van der Waals surface area (Å²) in [5.41, 5.74) is 14.5. The molecular weight excluding hydrogens is 1990 g/mol. The van der Waals surface area contributed by atoms with Crippen LogP contribution in [0.5, 0.6) is 0 Å². The molecule has 36 nitrogen and oxygen atoms in total. The first-order valence-corrected chi connectivity index (χ1v) is 48.9. The van der Waals surface area contributed by atoms with Gasteiger partial charge in [-0.25, -0.2) is 14.4 Å². The van der Waals surface area contributed by atoms with Crippen LogP contribution in [-0.4, -0.2) is 203 Å². The van der Waals surface area contributed by atoms with Crippen LogP contribution in [-0.2, 0) is 62.2 Å². The van der Waals surface area contributed by atoms with E-state index in [4.69, 9.17) is 119 Å². The number of nitriles is 1. The molecule has 748 valence electrons. The number of H-pyrrole nitrogens is 4. The Kier molecular flexibility index (Phi) is 39.4. The zero-order chi connectivity index (χ0) is 99.5. The van der Waals surface area contributed by atoms with Gasteiger partial charge < -0.3 is 104 Å². The van der Waals surface area contributed by atoms with E-state index in [0.29, 0.717) is 185 Å². The molecule has 8 fully saturated rings. The summed E-state index contributed by atoms with van der Waals surface area (Å²) in [5.74, 6) is -6.35. The van der Waals surface area contributed by atoms with Gasteiger partial charge in [-0.2, -0.15) is 5.26 Å². The molecule has 4 aromatic carbocycles. The second-order valence-corrected chi connectivity index (χ2v) is 39.5. The molecule has 8 aliphatic rings. The number of nitrogens with two attached hydrogens (primary N) is 2. The van der Waals surface area contributed by atoms with E-state index in [1.807, 2.05) is 0 Å². The SMILES string of the molecule is COC(=O)[C@H](C[C@@H]1CCCNC1=O)NC(=O)[C@@H](N)CC1CC1.COC(=O)[C@H](C[C@@H]1CCCNC1=O)NC(=O)[C@H](CC1CC1)NC(=O)c1cc2cc(Cl)cc(Cl)c2[nH]1.Cl.N#C[C@H](C[C@@H]1CCCNC1=O)NC(=O)[C@H](CC1CC1)NC(=O)c1cc2cc(Cl)cc(Cl)c2[nH]1.NC(=O)[C@H](C[C@@H]1CCCNC1=O)NC(=O)[C@H](CC1CC1)NC(=O)c1cc2cc(Cl)cc(Cl)c2[nH]1.O=C(O)c1cc2cc(Cl)cc(Cl)c2[nH]1. The Morgan fingerprint density at radius 2 is 0.647 bits per heavy atom. The van der Waals surface area contributed by atoms with Gasteiger partial charge in [0, 0.05) is 91.5 Å². The fourth-order valence-corrected chi connectivity index (χ4v) is 19.2. The molecule has 0 bridgehead atoms. The number of piperidine rings is 4. The molecule has 12 atom stereocenters. The Bertz CT molecular complexity index is 5950. The highest BCUT2D eigenvalue weighted by Crippen LogP contribution is 2.39. The van der Waals surface area contributed by atoms with E-state index >= 15 is 0 Å². The molecule has 8 heterocycles. The number of nitrogens with one attached hydrogen (secondary N) is 15. The molecule has 4 saturated heterocycles. The Morgan fingerprint density at radius 1 is 0.374 bits per heavy atom. The van der Waals surface area contributed by atoms with Crippen LogP contribution in [0.2, 0.25) is 40.2 Å². The molecule has 16 rings (SSSR count). The predicted molar refractivity (Wildman–Crippen MR) is 527 cm³/mol. The van der Waals surface area contributed by atoms with E-state index in [2.05, 4.69) is 84.5 Å². The monoisotopic (exact) mass is 2090 g/mol. The Morgan fingerprint density at radius 3 is 0.935 bits per heavy atom. The van der Waals surface area contributed by atoms with E-state index in [0.717, 1.165) is 77.0 Å². The molecule has 4 aliphatic carbocycles. The van der Waals surface area contributed by atoms with Crippen LogP contribution < -0.4 is 70.0 Å². The second-order valence-electron chi connectivity index (χ2n) is 36.1. The smallest absolute Gasteiger partial charge is 0.352 e. The topological polar surface area (TPSA) is 566 Å². The van der Waals surface area contributed by atoms with Crippen molar-refractivity contribution < 1.29 is 86.5 Å². The van der Waals surface area contributed by atoms with Crippen LogP contribution in [0.3, 0.4) is 0 Å². The second kappa shape index (κ2) is 50.5. The van der Waals surface area contributed by atoms with Crippen LogP contribution >= 0.6 is 105 Å². The van der Waals surface area contributed by atoms with Crippen molar-refractivity contribution in [2.75, 3.05) is 40.4 Å². The van der Waals surface area contributed by atoms with Gasteiger partial charge in [-0.1, -0.05) is 144 Å². The summed E-state index contributed by atoms with van der Waals surface area (Å²) in [6, 6.07) is 14.7. The number of esters is 2. The lowest BCUT2D eigenvalue weighted by atomic mass is 9.91. The minimum atomic E-state index is -1.02. The number of hydrogen-bond donors (Lipinski definition) is 18. The van der Waals surface area contributed by atoms with Crippen LogP contribution in [0.15, 0.2) is 72.8 Å². The number of carboxylic acid groups (broad SMARTS) is 1. The van der Waals surface area contributed by atoms with E-state index in [9.17, 15) is 77.2 Å². The molecule has 4 aliphatic heterocycles.